The quantitative estimate of drug-likeness (QED) is 0.139. The monoisotopic (exact) mass is 654 g/mol. The number of nitrogens with zero attached hydrogens (tertiary/aromatic N) is 1. The Labute approximate surface area is 274 Å². The van der Waals surface area contributed by atoms with Crippen molar-refractivity contribution in [1.82, 2.24) is 4.90 Å². The van der Waals surface area contributed by atoms with Crippen LogP contribution < -0.4 is 10.5 Å². The Morgan fingerprint density at radius 1 is 0.783 bits per heavy atom. The number of aliphatic hydroxyl groups excluding tert-OH is 1. The molecule has 0 aliphatic rings. The predicted octanol–water partition coefficient (Wildman–Crippen LogP) is 6.63. The van der Waals surface area contributed by atoms with Crippen LogP contribution in [0.4, 0.5) is 0 Å². The van der Waals surface area contributed by atoms with Crippen molar-refractivity contribution >= 4 is 27.3 Å². The summed E-state index contributed by atoms with van der Waals surface area (Å²) in [5.41, 5.74) is 9.34. The minimum atomic E-state index is -3.93. The van der Waals surface area contributed by atoms with Crippen LogP contribution in [0, 0.1) is 0 Å². The van der Waals surface area contributed by atoms with Crippen LogP contribution in [0.1, 0.15) is 38.7 Å². The lowest BCUT2D eigenvalue weighted by Crippen LogP contribution is -2.30. The summed E-state index contributed by atoms with van der Waals surface area (Å²) in [5.74, 6) is -0.566. The Hall–Kier alpha value is -4.47. The van der Waals surface area contributed by atoms with Gasteiger partial charge in [0.15, 0.2) is 0 Å². The zero-order valence-corrected chi connectivity index (χ0v) is 26.7. The molecule has 46 heavy (non-hydrogen) atoms. The van der Waals surface area contributed by atoms with Gasteiger partial charge >= 0.3 is 0 Å². The summed E-state index contributed by atoms with van der Waals surface area (Å²) in [7, 11) is -3.93. The van der Waals surface area contributed by atoms with Gasteiger partial charge in [-0.15, -0.1) is 0 Å². The van der Waals surface area contributed by atoms with Crippen LogP contribution in [0.15, 0.2) is 137 Å². The van der Waals surface area contributed by atoms with Crippen LogP contribution in [-0.2, 0) is 29.4 Å². The van der Waals surface area contributed by atoms with Crippen LogP contribution in [0.5, 0.6) is 5.75 Å². The number of carbonyl (C=O) groups excluding carboxylic acids is 1. The van der Waals surface area contributed by atoms with Gasteiger partial charge in [-0.2, -0.15) is 0 Å². The summed E-state index contributed by atoms with van der Waals surface area (Å²) in [4.78, 5) is 14.4. The van der Waals surface area contributed by atoms with Gasteiger partial charge in [0.25, 0.3) is 5.91 Å². The van der Waals surface area contributed by atoms with Crippen molar-refractivity contribution in [2.75, 3.05) is 13.1 Å². The van der Waals surface area contributed by atoms with Crippen LogP contribution in [0.25, 0.3) is 0 Å². The van der Waals surface area contributed by atoms with E-state index in [0.717, 1.165) is 22.3 Å². The summed E-state index contributed by atoms with van der Waals surface area (Å²) in [5, 5.41) is 11.6. The molecule has 3 N–H and O–H groups in total. The topological polar surface area (TPSA) is 110 Å². The number of sulfone groups is 1. The number of nitrogens with two attached hydrogens (primary N) is 1. The molecule has 5 aromatic rings. The maximum Gasteiger partial charge on any atom is 0.252 e. The molecule has 0 spiro atoms. The number of rotatable bonds is 14. The first-order valence-corrected chi connectivity index (χ1v) is 16.7. The Bertz CT molecular complexity index is 1850. The fourth-order valence-electron chi connectivity index (χ4n) is 5.10. The van der Waals surface area contributed by atoms with Gasteiger partial charge in [-0.05, 0) is 71.1 Å². The van der Waals surface area contributed by atoms with E-state index >= 15 is 0 Å². The van der Waals surface area contributed by atoms with Crippen molar-refractivity contribution in [3.05, 3.63) is 160 Å². The Morgan fingerprint density at radius 3 is 2.02 bits per heavy atom. The summed E-state index contributed by atoms with van der Waals surface area (Å²) in [6.07, 6.45) is -0.0614. The van der Waals surface area contributed by atoms with Gasteiger partial charge in [0, 0.05) is 24.7 Å². The summed E-state index contributed by atoms with van der Waals surface area (Å²) in [6.45, 7) is 1.90. The highest BCUT2D eigenvalue weighted by Gasteiger charge is 2.22. The highest BCUT2D eigenvalue weighted by molar-refractivity contribution is 7.91. The van der Waals surface area contributed by atoms with Crippen molar-refractivity contribution in [3.63, 3.8) is 0 Å². The zero-order valence-electron chi connectivity index (χ0n) is 25.1. The molecule has 0 bridgehead atoms. The second kappa shape index (κ2) is 15.2. The number of benzene rings is 5. The first kappa shape index (κ1) is 32.9. The molecule has 7 nitrogen and oxygen atoms in total. The Morgan fingerprint density at radius 2 is 1.39 bits per heavy atom. The van der Waals surface area contributed by atoms with Gasteiger partial charge in [-0.1, -0.05) is 96.5 Å². The van der Waals surface area contributed by atoms with E-state index in [1.807, 2.05) is 72.8 Å². The normalized spacial score (nSPS) is 12.2. The number of amides is 1. The predicted molar refractivity (Wildman–Crippen MR) is 179 cm³/mol. The van der Waals surface area contributed by atoms with Gasteiger partial charge in [-0.25, -0.2) is 8.42 Å². The van der Waals surface area contributed by atoms with Gasteiger partial charge in [0.2, 0.25) is 9.84 Å². The van der Waals surface area contributed by atoms with E-state index in [-0.39, 0.29) is 27.7 Å². The molecule has 0 aliphatic heterocycles. The molecule has 0 saturated carbocycles. The molecule has 0 saturated heterocycles. The van der Waals surface area contributed by atoms with E-state index in [1.54, 1.807) is 36.4 Å². The smallest absolute Gasteiger partial charge is 0.252 e. The van der Waals surface area contributed by atoms with Crippen molar-refractivity contribution < 1.29 is 23.1 Å². The van der Waals surface area contributed by atoms with E-state index < -0.39 is 21.8 Å². The van der Waals surface area contributed by atoms with Gasteiger partial charge in [-0.3, -0.25) is 9.69 Å². The highest BCUT2D eigenvalue weighted by atomic mass is 35.5. The number of hydrogen-bond acceptors (Lipinski definition) is 6. The van der Waals surface area contributed by atoms with Gasteiger partial charge < -0.3 is 15.6 Å². The van der Waals surface area contributed by atoms with Crippen molar-refractivity contribution in [3.8, 4) is 5.75 Å². The number of aliphatic hydroxyl groups is 1. The lowest BCUT2D eigenvalue weighted by atomic mass is 10.1. The number of halogens is 1. The van der Waals surface area contributed by atoms with E-state index in [1.165, 1.54) is 18.2 Å². The molecule has 0 heterocycles. The fourth-order valence-corrected chi connectivity index (χ4v) is 6.51. The summed E-state index contributed by atoms with van der Waals surface area (Å²) < 4.78 is 32.8. The lowest BCUT2D eigenvalue weighted by molar-refractivity contribution is 0.0995. The van der Waals surface area contributed by atoms with Crippen molar-refractivity contribution in [2.24, 2.45) is 5.73 Å². The molecular formula is C37H35ClN2O5S. The molecule has 236 valence electrons. The average Bonchev–Trinajstić information content (AvgIpc) is 3.07. The largest absolute Gasteiger partial charge is 0.488 e. The standard InChI is InChI=1S/C37H35ClN2O5S/c38-31-15-13-30(14-16-31)35(41)25-40(24-28-7-3-1-4-8-28)22-21-27-11-17-32(18-12-27)46(43,44)33-19-20-36(34(23-33)37(39)42)45-26-29-9-5-2-6-10-29/h1-20,23,35,41H,21-22,24-26H2,(H2,39,42)/t35-/m1/s1. The van der Waals surface area contributed by atoms with E-state index in [4.69, 9.17) is 22.1 Å². The van der Waals surface area contributed by atoms with E-state index in [9.17, 15) is 18.3 Å². The lowest BCUT2D eigenvalue weighted by Gasteiger charge is -2.25. The van der Waals surface area contributed by atoms with Crippen LogP contribution in [0.3, 0.4) is 0 Å². The second-order valence-corrected chi connectivity index (χ2v) is 13.4. The average molecular weight is 655 g/mol. The maximum absolute atomic E-state index is 13.5. The van der Waals surface area contributed by atoms with Crippen molar-refractivity contribution in [2.45, 2.75) is 35.5 Å². The molecule has 0 fully saturated rings. The first-order chi connectivity index (χ1) is 22.2. The zero-order chi connectivity index (χ0) is 32.5. The molecule has 0 radical (unpaired) electrons. The minimum absolute atomic E-state index is 0.00655. The number of carbonyl (C=O) groups is 1. The fraction of sp³-hybridized carbons (Fsp3) is 0.162. The van der Waals surface area contributed by atoms with Crippen LogP contribution in [-0.4, -0.2) is 37.4 Å². The molecule has 1 amide bonds. The van der Waals surface area contributed by atoms with Crippen LogP contribution in [0.2, 0.25) is 5.02 Å². The van der Waals surface area contributed by atoms with Gasteiger partial charge in [0.05, 0.1) is 21.5 Å². The molecule has 1 atom stereocenters. The number of ether oxygens (including phenoxy) is 1. The maximum atomic E-state index is 13.5. The molecule has 0 aromatic heterocycles. The molecule has 0 unspecified atom stereocenters. The first-order valence-electron chi connectivity index (χ1n) is 14.8. The number of hydrogen-bond donors (Lipinski definition) is 2. The molecule has 9 heteroatoms. The SMILES string of the molecule is NC(=O)c1cc(S(=O)(=O)c2ccc(CCN(Cc3ccccc3)C[C@@H](O)c3ccc(Cl)cc3)cc2)ccc1OCc1ccccc1. The molecule has 5 aromatic carbocycles. The molecule has 5 rings (SSSR count). The third-order valence-corrected chi connectivity index (χ3v) is 9.67. The third-order valence-electron chi connectivity index (χ3n) is 7.65. The van der Waals surface area contributed by atoms with Crippen molar-refractivity contribution in [1.29, 1.82) is 0 Å². The van der Waals surface area contributed by atoms with E-state index in [2.05, 4.69) is 4.90 Å². The second-order valence-electron chi connectivity index (χ2n) is 11.0. The summed E-state index contributed by atoms with van der Waals surface area (Å²) in [6, 6.07) is 37.5. The summed E-state index contributed by atoms with van der Waals surface area (Å²) >= 11 is 6.02. The van der Waals surface area contributed by atoms with Gasteiger partial charge in [0.1, 0.15) is 12.4 Å². The van der Waals surface area contributed by atoms with Crippen LogP contribution >= 0.6 is 11.6 Å². The highest BCUT2D eigenvalue weighted by Crippen LogP contribution is 2.28. The Balaban J connectivity index is 1.28. The molecule has 0 aliphatic carbocycles. The number of primary amides is 1. The minimum Gasteiger partial charge on any atom is -0.488 e. The third kappa shape index (κ3) is 8.62. The molecular weight excluding hydrogens is 620 g/mol. The Kier molecular flexibility index (Phi) is 10.9. The van der Waals surface area contributed by atoms with E-state index in [0.29, 0.717) is 31.1 Å².